The zero-order valence-corrected chi connectivity index (χ0v) is 7.99. The van der Waals surface area contributed by atoms with Gasteiger partial charge in [0, 0.05) is 6.04 Å². The third-order valence-electron chi connectivity index (χ3n) is 2.67. The van der Waals surface area contributed by atoms with Gasteiger partial charge in [-0.05, 0) is 25.7 Å². The Labute approximate surface area is 74.8 Å². The highest BCUT2D eigenvalue weighted by Gasteiger charge is 2.30. The summed E-state index contributed by atoms with van der Waals surface area (Å²) in [5, 5.41) is 0. The fraction of sp³-hybridized carbons (Fsp3) is 0.800. The van der Waals surface area contributed by atoms with Crippen LogP contribution in [-0.4, -0.2) is 18.2 Å². The number of hydrogen-bond donors (Lipinski definition) is 1. The molecule has 2 heteroatoms. The minimum absolute atomic E-state index is 0.200. The Balaban J connectivity index is 2.49. The molecule has 1 saturated heterocycles. The summed E-state index contributed by atoms with van der Waals surface area (Å²) in [6, 6.07) is 0.209. The second-order valence-electron chi connectivity index (χ2n) is 3.78. The van der Waals surface area contributed by atoms with Gasteiger partial charge in [0.1, 0.15) is 0 Å². The van der Waals surface area contributed by atoms with Crippen LogP contribution in [0.4, 0.5) is 0 Å². The van der Waals surface area contributed by atoms with E-state index in [2.05, 4.69) is 13.5 Å². The van der Waals surface area contributed by atoms with Crippen LogP contribution < -0.4 is 5.73 Å². The lowest BCUT2D eigenvalue weighted by molar-refractivity contribution is -0.0783. The molecule has 1 heterocycles. The van der Waals surface area contributed by atoms with Crippen molar-refractivity contribution in [2.75, 3.05) is 0 Å². The smallest absolute Gasteiger partial charge is 0.0702 e. The highest BCUT2D eigenvalue weighted by Crippen LogP contribution is 2.25. The fourth-order valence-corrected chi connectivity index (χ4v) is 1.74. The molecule has 0 radical (unpaired) electrons. The second kappa shape index (κ2) is 4.06. The first-order valence-electron chi connectivity index (χ1n) is 4.67. The summed E-state index contributed by atoms with van der Waals surface area (Å²) in [5.41, 5.74) is 5.88. The molecule has 0 spiro atoms. The molecule has 0 aliphatic carbocycles. The summed E-state index contributed by atoms with van der Waals surface area (Å²) in [5.74, 6) is 0.564. The van der Waals surface area contributed by atoms with Gasteiger partial charge >= 0.3 is 0 Å². The molecule has 0 amide bonds. The highest BCUT2D eigenvalue weighted by atomic mass is 16.5. The first-order valence-corrected chi connectivity index (χ1v) is 4.67. The number of ether oxygens (including phenoxy) is 1. The van der Waals surface area contributed by atoms with Gasteiger partial charge in [-0.25, -0.2) is 0 Å². The molecule has 4 atom stereocenters. The maximum Gasteiger partial charge on any atom is 0.0702 e. The average molecular weight is 169 g/mol. The van der Waals surface area contributed by atoms with Gasteiger partial charge < -0.3 is 10.5 Å². The molecule has 0 bridgehead atoms. The van der Waals surface area contributed by atoms with Crippen LogP contribution in [0.1, 0.15) is 26.7 Å². The van der Waals surface area contributed by atoms with Gasteiger partial charge in [0.25, 0.3) is 0 Å². The van der Waals surface area contributed by atoms with E-state index < -0.39 is 0 Å². The molecule has 0 aromatic rings. The largest absolute Gasteiger partial charge is 0.373 e. The minimum atomic E-state index is 0.200. The number of rotatable bonds is 2. The highest BCUT2D eigenvalue weighted by molar-refractivity contribution is 4.86. The van der Waals surface area contributed by atoms with Crippen molar-refractivity contribution in [3.05, 3.63) is 12.7 Å². The summed E-state index contributed by atoms with van der Waals surface area (Å²) >= 11 is 0. The lowest BCUT2D eigenvalue weighted by Crippen LogP contribution is -2.46. The van der Waals surface area contributed by atoms with Crippen LogP contribution in [0.3, 0.4) is 0 Å². The van der Waals surface area contributed by atoms with Crippen molar-refractivity contribution < 1.29 is 4.74 Å². The Morgan fingerprint density at radius 1 is 1.58 bits per heavy atom. The number of hydrogen-bond acceptors (Lipinski definition) is 2. The standard InChI is InChI=1S/C10H19NO/c1-4-5-10-7(2)6-9(11)8(3)12-10/h4,7-10H,1,5-6,11H2,2-3H3/t7?,8-,9-,10+/m1/s1. The Hall–Kier alpha value is -0.340. The molecule has 2 nitrogen and oxygen atoms in total. The van der Waals surface area contributed by atoms with E-state index in [0.29, 0.717) is 12.0 Å². The molecule has 1 rings (SSSR count). The van der Waals surface area contributed by atoms with Crippen LogP contribution in [0, 0.1) is 5.92 Å². The van der Waals surface area contributed by atoms with E-state index in [9.17, 15) is 0 Å². The SMILES string of the molecule is C=CC[C@@H]1O[C@H](C)[C@H](N)CC1C. The predicted octanol–water partition coefficient (Wildman–Crippen LogP) is 1.70. The summed E-state index contributed by atoms with van der Waals surface area (Å²) in [7, 11) is 0. The van der Waals surface area contributed by atoms with E-state index in [0.717, 1.165) is 12.8 Å². The summed E-state index contributed by atoms with van der Waals surface area (Å²) < 4.78 is 5.75. The van der Waals surface area contributed by atoms with Crippen LogP contribution in [0.25, 0.3) is 0 Å². The van der Waals surface area contributed by atoms with E-state index in [1.807, 2.05) is 13.0 Å². The lowest BCUT2D eigenvalue weighted by Gasteiger charge is -2.37. The summed E-state index contributed by atoms with van der Waals surface area (Å²) in [4.78, 5) is 0. The third kappa shape index (κ3) is 2.08. The third-order valence-corrected chi connectivity index (χ3v) is 2.67. The second-order valence-corrected chi connectivity index (χ2v) is 3.78. The molecule has 0 saturated carbocycles. The quantitative estimate of drug-likeness (QED) is 0.639. The Morgan fingerprint density at radius 2 is 2.25 bits per heavy atom. The zero-order chi connectivity index (χ0) is 9.14. The maximum absolute atomic E-state index is 5.88. The van der Waals surface area contributed by atoms with Gasteiger partial charge in [0.2, 0.25) is 0 Å². The number of nitrogens with two attached hydrogens (primary N) is 1. The topological polar surface area (TPSA) is 35.2 Å². The summed E-state index contributed by atoms with van der Waals surface area (Å²) in [6.07, 6.45) is 4.46. The van der Waals surface area contributed by atoms with Crippen molar-refractivity contribution >= 4 is 0 Å². The molecule has 0 aromatic carbocycles. The van der Waals surface area contributed by atoms with Gasteiger partial charge in [-0.1, -0.05) is 13.0 Å². The molecule has 1 unspecified atom stereocenters. The van der Waals surface area contributed by atoms with Crippen molar-refractivity contribution in [1.82, 2.24) is 0 Å². The van der Waals surface area contributed by atoms with Gasteiger partial charge in [-0.3, -0.25) is 0 Å². The van der Waals surface area contributed by atoms with Crippen molar-refractivity contribution in [3.8, 4) is 0 Å². The molecular weight excluding hydrogens is 150 g/mol. The lowest BCUT2D eigenvalue weighted by atomic mass is 9.89. The predicted molar refractivity (Wildman–Crippen MR) is 50.9 cm³/mol. The van der Waals surface area contributed by atoms with Gasteiger partial charge in [0.15, 0.2) is 0 Å². The van der Waals surface area contributed by atoms with Crippen LogP contribution in [0.15, 0.2) is 12.7 Å². The van der Waals surface area contributed by atoms with Crippen molar-refractivity contribution in [1.29, 1.82) is 0 Å². The van der Waals surface area contributed by atoms with E-state index in [4.69, 9.17) is 10.5 Å². The molecule has 0 aromatic heterocycles. The normalized spacial score (nSPS) is 42.6. The van der Waals surface area contributed by atoms with Crippen LogP contribution in [0.2, 0.25) is 0 Å². The Kier molecular flexibility index (Phi) is 3.29. The molecule has 70 valence electrons. The molecule has 1 aliphatic rings. The van der Waals surface area contributed by atoms with E-state index in [1.54, 1.807) is 0 Å². The Morgan fingerprint density at radius 3 is 2.83 bits per heavy atom. The van der Waals surface area contributed by atoms with E-state index in [1.165, 1.54) is 0 Å². The molecule has 1 fully saturated rings. The van der Waals surface area contributed by atoms with Crippen LogP contribution in [0.5, 0.6) is 0 Å². The first-order chi connectivity index (χ1) is 5.65. The van der Waals surface area contributed by atoms with Gasteiger partial charge in [0.05, 0.1) is 12.2 Å². The Bertz CT molecular complexity index is 158. The minimum Gasteiger partial charge on any atom is -0.373 e. The molecular formula is C10H19NO. The fourth-order valence-electron chi connectivity index (χ4n) is 1.74. The monoisotopic (exact) mass is 169 g/mol. The maximum atomic E-state index is 5.88. The van der Waals surface area contributed by atoms with Gasteiger partial charge in [-0.2, -0.15) is 0 Å². The zero-order valence-electron chi connectivity index (χ0n) is 7.99. The first kappa shape index (κ1) is 9.75. The van der Waals surface area contributed by atoms with Crippen molar-refractivity contribution in [2.24, 2.45) is 11.7 Å². The summed E-state index contributed by atoms with van der Waals surface area (Å²) in [6.45, 7) is 7.96. The van der Waals surface area contributed by atoms with Gasteiger partial charge in [-0.15, -0.1) is 6.58 Å². The van der Waals surface area contributed by atoms with Crippen molar-refractivity contribution in [2.45, 2.75) is 44.9 Å². The van der Waals surface area contributed by atoms with Crippen LogP contribution >= 0.6 is 0 Å². The van der Waals surface area contributed by atoms with Crippen LogP contribution in [-0.2, 0) is 4.74 Å². The molecule has 2 N–H and O–H groups in total. The average Bonchev–Trinajstić information content (AvgIpc) is 2.01. The van der Waals surface area contributed by atoms with E-state index in [-0.39, 0.29) is 12.1 Å². The molecule has 1 aliphatic heterocycles. The molecule has 12 heavy (non-hydrogen) atoms. The van der Waals surface area contributed by atoms with Crippen molar-refractivity contribution in [3.63, 3.8) is 0 Å². The van der Waals surface area contributed by atoms with E-state index >= 15 is 0 Å².